The summed E-state index contributed by atoms with van der Waals surface area (Å²) in [7, 11) is 0. The highest BCUT2D eigenvalue weighted by Crippen LogP contribution is 2.39. The number of hydrogen-bond donors (Lipinski definition) is 2. The van der Waals surface area contributed by atoms with Crippen LogP contribution in [0.4, 0.5) is 5.69 Å². The number of amides is 1. The first kappa shape index (κ1) is 20.3. The summed E-state index contributed by atoms with van der Waals surface area (Å²) in [6.07, 6.45) is 0. The first-order chi connectivity index (χ1) is 15.6. The number of carbonyl (C=O) groups is 1. The van der Waals surface area contributed by atoms with Gasteiger partial charge in [-0.2, -0.15) is 0 Å². The Morgan fingerprint density at radius 3 is 2.47 bits per heavy atom. The van der Waals surface area contributed by atoms with Gasteiger partial charge in [0.05, 0.1) is 6.04 Å². The number of anilines is 1. The third kappa shape index (κ3) is 3.99. The molecule has 0 saturated heterocycles. The van der Waals surface area contributed by atoms with E-state index >= 15 is 0 Å². The van der Waals surface area contributed by atoms with Gasteiger partial charge in [-0.3, -0.25) is 4.79 Å². The Morgan fingerprint density at radius 2 is 1.72 bits per heavy atom. The van der Waals surface area contributed by atoms with Crippen molar-refractivity contribution in [3.05, 3.63) is 95.6 Å². The van der Waals surface area contributed by atoms with Crippen molar-refractivity contribution in [2.24, 2.45) is 0 Å². The van der Waals surface area contributed by atoms with Crippen molar-refractivity contribution >= 4 is 23.4 Å². The standard InChI is InChI=1S/C25H23N5OS/c1-16-11-13-18(14-12-16)21-22(24(31)26-20-10-6-7-17(2)15-20)32-25-28-27-23(30(25)29-21)19-8-4-3-5-9-19/h3-15,21-22,29H,1-2H3,(H,26,31). The minimum atomic E-state index is -0.418. The molecule has 160 valence electrons. The fraction of sp³-hybridized carbons (Fsp3) is 0.160. The van der Waals surface area contributed by atoms with Crippen molar-refractivity contribution in [1.82, 2.24) is 14.9 Å². The minimum Gasteiger partial charge on any atom is -0.325 e. The van der Waals surface area contributed by atoms with Gasteiger partial charge in [-0.15, -0.1) is 10.2 Å². The Bertz CT molecular complexity index is 1250. The van der Waals surface area contributed by atoms with E-state index in [2.05, 4.69) is 52.1 Å². The van der Waals surface area contributed by atoms with Crippen LogP contribution in [0.3, 0.4) is 0 Å². The van der Waals surface area contributed by atoms with E-state index in [0.717, 1.165) is 28.2 Å². The maximum absolute atomic E-state index is 13.4. The molecule has 1 aromatic heterocycles. The number of fused-ring (bicyclic) bond motifs is 1. The third-order valence-corrected chi connectivity index (χ3v) is 6.66. The van der Waals surface area contributed by atoms with Crippen LogP contribution in [0.2, 0.25) is 0 Å². The second kappa shape index (κ2) is 8.51. The van der Waals surface area contributed by atoms with E-state index < -0.39 is 5.25 Å². The molecule has 2 N–H and O–H groups in total. The zero-order valence-electron chi connectivity index (χ0n) is 17.8. The highest BCUT2D eigenvalue weighted by molar-refractivity contribution is 8.00. The smallest absolute Gasteiger partial charge is 0.240 e. The SMILES string of the molecule is Cc1ccc(C2Nn3c(nnc3-c3ccccc3)SC2C(=O)Nc2cccc(C)c2)cc1. The maximum atomic E-state index is 13.4. The number of carbonyl (C=O) groups excluding carboxylic acids is 1. The van der Waals surface area contributed by atoms with Crippen molar-refractivity contribution in [1.29, 1.82) is 0 Å². The molecule has 1 aliphatic rings. The number of aromatic nitrogens is 3. The topological polar surface area (TPSA) is 71.8 Å². The Morgan fingerprint density at radius 1 is 0.938 bits per heavy atom. The Kier molecular flexibility index (Phi) is 5.41. The fourth-order valence-electron chi connectivity index (χ4n) is 3.79. The summed E-state index contributed by atoms with van der Waals surface area (Å²) < 4.78 is 1.89. The molecule has 0 bridgehead atoms. The summed E-state index contributed by atoms with van der Waals surface area (Å²) in [4.78, 5) is 13.4. The van der Waals surface area contributed by atoms with E-state index in [4.69, 9.17) is 0 Å². The van der Waals surface area contributed by atoms with Gasteiger partial charge in [-0.25, -0.2) is 4.68 Å². The summed E-state index contributed by atoms with van der Waals surface area (Å²) in [5.74, 6) is 0.650. The van der Waals surface area contributed by atoms with Crippen LogP contribution in [0.1, 0.15) is 22.7 Å². The molecule has 2 unspecified atom stereocenters. The van der Waals surface area contributed by atoms with Crippen LogP contribution in [-0.2, 0) is 4.79 Å². The molecular weight excluding hydrogens is 418 g/mol. The van der Waals surface area contributed by atoms with E-state index in [1.165, 1.54) is 17.3 Å². The summed E-state index contributed by atoms with van der Waals surface area (Å²) in [5.41, 5.74) is 8.57. The van der Waals surface area contributed by atoms with Crippen LogP contribution in [0.15, 0.2) is 84.0 Å². The number of nitrogens with zero attached hydrogens (tertiary/aromatic N) is 3. The highest BCUT2D eigenvalue weighted by atomic mass is 32.2. The van der Waals surface area contributed by atoms with Crippen LogP contribution < -0.4 is 10.7 Å². The van der Waals surface area contributed by atoms with Gasteiger partial charge in [0.15, 0.2) is 5.82 Å². The van der Waals surface area contributed by atoms with Crippen molar-refractivity contribution in [3.63, 3.8) is 0 Å². The second-order valence-electron chi connectivity index (χ2n) is 7.92. The molecule has 1 aliphatic heterocycles. The van der Waals surface area contributed by atoms with Crippen molar-refractivity contribution in [3.8, 4) is 11.4 Å². The Balaban J connectivity index is 1.51. The molecule has 7 heteroatoms. The predicted molar refractivity (Wildman–Crippen MR) is 128 cm³/mol. The van der Waals surface area contributed by atoms with Crippen LogP contribution in [-0.4, -0.2) is 26.0 Å². The highest BCUT2D eigenvalue weighted by Gasteiger charge is 2.38. The zero-order chi connectivity index (χ0) is 22.1. The Labute approximate surface area is 191 Å². The van der Waals surface area contributed by atoms with Crippen LogP contribution in [0.5, 0.6) is 0 Å². The summed E-state index contributed by atoms with van der Waals surface area (Å²) in [5, 5.41) is 12.1. The maximum Gasteiger partial charge on any atom is 0.240 e. The lowest BCUT2D eigenvalue weighted by Crippen LogP contribution is -2.41. The number of hydrogen-bond acceptors (Lipinski definition) is 5. The van der Waals surface area contributed by atoms with Gasteiger partial charge < -0.3 is 10.7 Å². The minimum absolute atomic E-state index is 0.0748. The van der Waals surface area contributed by atoms with Gasteiger partial charge >= 0.3 is 0 Å². The van der Waals surface area contributed by atoms with Crippen molar-refractivity contribution in [2.45, 2.75) is 30.3 Å². The largest absolute Gasteiger partial charge is 0.325 e. The lowest BCUT2D eigenvalue weighted by Gasteiger charge is -2.33. The molecule has 0 fully saturated rings. The average Bonchev–Trinajstić information content (AvgIpc) is 3.22. The summed E-state index contributed by atoms with van der Waals surface area (Å²) in [6.45, 7) is 4.06. The van der Waals surface area contributed by atoms with E-state index in [1.54, 1.807) is 0 Å². The molecule has 2 heterocycles. The lowest BCUT2D eigenvalue weighted by molar-refractivity contribution is -0.116. The monoisotopic (exact) mass is 441 g/mol. The number of thioether (sulfide) groups is 1. The molecule has 0 spiro atoms. The number of nitrogens with one attached hydrogen (secondary N) is 2. The number of rotatable bonds is 4. The van der Waals surface area contributed by atoms with Gasteiger partial charge in [0, 0.05) is 11.3 Å². The van der Waals surface area contributed by atoms with Crippen molar-refractivity contribution < 1.29 is 4.79 Å². The van der Waals surface area contributed by atoms with Crippen LogP contribution in [0.25, 0.3) is 11.4 Å². The van der Waals surface area contributed by atoms with Gasteiger partial charge in [-0.05, 0) is 37.1 Å². The zero-order valence-corrected chi connectivity index (χ0v) is 18.6. The van der Waals surface area contributed by atoms with Gasteiger partial charge in [0.1, 0.15) is 5.25 Å². The molecule has 6 nitrogen and oxygen atoms in total. The molecule has 0 aliphatic carbocycles. The quantitative estimate of drug-likeness (QED) is 0.468. The molecule has 0 radical (unpaired) electrons. The fourth-order valence-corrected chi connectivity index (χ4v) is 4.87. The molecule has 0 saturated carbocycles. The van der Waals surface area contributed by atoms with E-state index in [-0.39, 0.29) is 11.9 Å². The molecule has 5 rings (SSSR count). The van der Waals surface area contributed by atoms with Crippen molar-refractivity contribution in [2.75, 3.05) is 10.7 Å². The van der Waals surface area contributed by atoms with E-state index in [1.807, 2.05) is 66.2 Å². The van der Waals surface area contributed by atoms with E-state index in [9.17, 15) is 4.79 Å². The second-order valence-corrected chi connectivity index (χ2v) is 9.03. The number of benzene rings is 3. The third-order valence-electron chi connectivity index (χ3n) is 5.45. The normalized spacial score (nSPS) is 17.3. The summed E-state index contributed by atoms with van der Waals surface area (Å²) >= 11 is 1.43. The van der Waals surface area contributed by atoms with E-state index in [0.29, 0.717) is 5.16 Å². The molecule has 4 aromatic rings. The molecule has 2 atom stereocenters. The van der Waals surface area contributed by atoms with Crippen LogP contribution >= 0.6 is 11.8 Å². The Hall–Kier alpha value is -3.58. The molecule has 32 heavy (non-hydrogen) atoms. The lowest BCUT2D eigenvalue weighted by atomic mass is 10.0. The molecule has 3 aromatic carbocycles. The number of aryl methyl sites for hydroxylation is 2. The average molecular weight is 442 g/mol. The van der Waals surface area contributed by atoms with Crippen LogP contribution in [0, 0.1) is 13.8 Å². The van der Waals surface area contributed by atoms with Gasteiger partial charge in [-0.1, -0.05) is 84.1 Å². The first-order valence-electron chi connectivity index (χ1n) is 10.5. The molecule has 1 amide bonds. The van der Waals surface area contributed by atoms with Gasteiger partial charge in [0.25, 0.3) is 0 Å². The molecular formula is C25H23N5OS. The predicted octanol–water partition coefficient (Wildman–Crippen LogP) is 4.96. The summed E-state index contributed by atoms with van der Waals surface area (Å²) in [6, 6.07) is 25.8. The van der Waals surface area contributed by atoms with Gasteiger partial charge in [0.2, 0.25) is 11.1 Å². The first-order valence-corrected chi connectivity index (χ1v) is 11.3.